The number of carbonyl (C=O) groups is 1. The van der Waals surface area contributed by atoms with E-state index < -0.39 is 5.91 Å². The zero-order valence-corrected chi connectivity index (χ0v) is 19.7. The molecule has 176 valence electrons. The smallest absolute Gasteiger partial charge is 0.282 e. The van der Waals surface area contributed by atoms with E-state index in [1.54, 1.807) is 44.4 Å². The predicted molar refractivity (Wildman–Crippen MR) is 129 cm³/mol. The number of amides is 1. The summed E-state index contributed by atoms with van der Waals surface area (Å²) in [5, 5.41) is 9.57. The van der Waals surface area contributed by atoms with Gasteiger partial charge in [-0.25, -0.2) is 0 Å². The first-order valence-electron chi connectivity index (χ1n) is 11.0. The van der Waals surface area contributed by atoms with Crippen LogP contribution in [-0.4, -0.2) is 43.0 Å². The zero-order chi connectivity index (χ0) is 24.2. The van der Waals surface area contributed by atoms with E-state index in [2.05, 4.69) is 4.99 Å². The fraction of sp³-hybridized carbons (Fsp3) is 0.269. The third-order valence-electron chi connectivity index (χ3n) is 5.38. The molecular weight excluding hydrogens is 434 g/mol. The number of methoxy groups -OCH3 is 1. The van der Waals surface area contributed by atoms with Crippen molar-refractivity contribution < 1.29 is 23.8 Å². The van der Waals surface area contributed by atoms with Crippen molar-refractivity contribution >= 4 is 23.7 Å². The minimum absolute atomic E-state index is 0.0636. The molecule has 2 aromatic rings. The quantitative estimate of drug-likeness (QED) is 0.456. The van der Waals surface area contributed by atoms with E-state index in [9.17, 15) is 4.79 Å². The molecule has 0 aromatic heterocycles. The van der Waals surface area contributed by atoms with Crippen LogP contribution in [0.5, 0.6) is 17.2 Å². The Morgan fingerprint density at radius 1 is 1.06 bits per heavy atom. The standard InChI is InChI=1S/C26H27N3O5/c1-16-7-5-8-17(2)24(16)33-12-6-11-32-21-10-9-19(15-22(21)31-4)14-20-25(27)29-23(28-26(20)30)13-18(3)34-29/h5,7-10,13-15,27H,6,11-12H2,1-4H3/b20-14-,27-25?. The summed E-state index contributed by atoms with van der Waals surface area (Å²) in [5.74, 6) is 2.36. The number of aryl methyl sites for hydroxylation is 2. The van der Waals surface area contributed by atoms with E-state index in [-0.39, 0.29) is 11.4 Å². The lowest BCUT2D eigenvalue weighted by Gasteiger charge is -2.23. The molecule has 0 radical (unpaired) electrons. The lowest BCUT2D eigenvalue weighted by Crippen LogP contribution is -2.38. The number of hydrogen-bond acceptors (Lipinski definition) is 6. The van der Waals surface area contributed by atoms with Gasteiger partial charge in [-0.1, -0.05) is 24.3 Å². The minimum atomic E-state index is -0.492. The number of para-hydroxylation sites is 1. The molecule has 34 heavy (non-hydrogen) atoms. The number of allylic oxidation sites excluding steroid dienone is 1. The van der Waals surface area contributed by atoms with Crippen molar-refractivity contribution in [3.8, 4) is 17.2 Å². The van der Waals surface area contributed by atoms with Gasteiger partial charge in [-0.2, -0.15) is 4.99 Å². The fourth-order valence-electron chi connectivity index (χ4n) is 3.70. The van der Waals surface area contributed by atoms with Crippen LogP contribution in [0.15, 0.2) is 58.8 Å². The molecule has 2 aliphatic rings. The lowest BCUT2D eigenvalue weighted by atomic mass is 10.1. The average Bonchev–Trinajstić information content (AvgIpc) is 3.18. The number of nitrogens with zero attached hydrogens (tertiary/aromatic N) is 2. The highest BCUT2D eigenvalue weighted by molar-refractivity contribution is 6.32. The number of hydrogen-bond donors (Lipinski definition) is 1. The van der Waals surface area contributed by atoms with E-state index in [1.807, 2.05) is 32.0 Å². The second-order valence-electron chi connectivity index (χ2n) is 8.00. The van der Waals surface area contributed by atoms with Crippen LogP contribution in [0.25, 0.3) is 6.08 Å². The van der Waals surface area contributed by atoms with E-state index in [0.29, 0.717) is 48.3 Å². The first-order chi connectivity index (χ1) is 16.4. The summed E-state index contributed by atoms with van der Waals surface area (Å²) < 4.78 is 17.3. The van der Waals surface area contributed by atoms with Crippen molar-refractivity contribution in [3.63, 3.8) is 0 Å². The average molecular weight is 462 g/mol. The molecule has 2 aromatic carbocycles. The van der Waals surface area contributed by atoms with Gasteiger partial charge < -0.3 is 19.0 Å². The second kappa shape index (κ2) is 9.82. The number of rotatable bonds is 8. The zero-order valence-electron chi connectivity index (χ0n) is 19.7. The van der Waals surface area contributed by atoms with Crippen molar-refractivity contribution in [2.24, 2.45) is 4.99 Å². The van der Waals surface area contributed by atoms with E-state index in [1.165, 1.54) is 5.06 Å². The number of nitrogens with one attached hydrogen (secondary N) is 1. The maximum absolute atomic E-state index is 12.5. The summed E-state index contributed by atoms with van der Waals surface area (Å²) in [6, 6.07) is 11.4. The first-order valence-corrected chi connectivity index (χ1v) is 11.0. The van der Waals surface area contributed by atoms with Crippen LogP contribution in [0.4, 0.5) is 0 Å². The first kappa shape index (κ1) is 23.1. The van der Waals surface area contributed by atoms with Crippen LogP contribution >= 0.6 is 0 Å². The van der Waals surface area contributed by atoms with Gasteiger partial charge in [0.25, 0.3) is 5.91 Å². The Hall–Kier alpha value is -4.07. The Balaban J connectivity index is 1.38. The number of amidine groups is 2. The molecule has 2 heterocycles. The van der Waals surface area contributed by atoms with Crippen LogP contribution in [0, 0.1) is 19.3 Å². The molecule has 4 rings (SSSR count). The van der Waals surface area contributed by atoms with Crippen LogP contribution in [0.1, 0.15) is 30.0 Å². The number of benzene rings is 2. The van der Waals surface area contributed by atoms with E-state index in [4.69, 9.17) is 24.5 Å². The number of aliphatic imine (C=N–C) groups is 1. The predicted octanol–water partition coefficient (Wildman–Crippen LogP) is 4.61. The molecule has 0 atom stereocenters. The molecule has 0 unspecified atom stereocenters. The SMILES string of the molecule is COc1cc(/C=C2/C(=N)N3OC(C)=CC3=NC2=O)ccc1OCCCOc1c(C)cccc1C. The maximum atomic E-state index is 12.5. The van der Waals surface area contributed by atoms with Gasteiger partial charge in [0.05, 0.1) is 25.9 Å². The molecule has 1 N–H and O–H groups in total. The van der Waals surface area contributed by atoms with Crippen molar-refractivity contribution in [2.75, 3.05) is 20.3 Å². The van der Waals surface area contributed by atoms with Gasteiger partial charge in [0.15, 0.2) is 23.2 Å². The Morgan fingerprint density at radius 3 is 2.53 bits per heavy atom. The Morgan fingerprint density at radius 2 is 1.79 bits per heavy atom. The van der Waals surface area contributed by atoms with Crippen molar-refractivity contribution in [2.45, 2.75) is 27.2 Å². The van der Waals surface area contributed by atoms with Crippen LogP contribution in [0.2, 0.25) is 0 Å². The maximum Gasteiger partial charge on any atom is 0.282 e. The third-order valence-corrected chi connectivity index (χ3v) is 5.38. The molecule has 0 aliphatic carbocycles. The van der Waals surface area contributed by atoms with Crippen molar-refractivity contribution in [1.82, 2.24) is 5.06 Å². The normalized spacial score (nSPS) is 16.1. The summed E-state index contributed by atoms with van der Waals surface area (Å²) in [4.78, 5) is 21.9. The summed E-state index contributed by atoms with van der Waals surface area (Å²) in [5.41, 5.74) is 3.03. The summed E-state index contributed by atoms with van der Waals surface area (Å²) in [6.07, 6.45) is 3.91. The molecule has 8 heteroatoms. The Kier molecular flexibility index (Phi) is 6.67. The summed E-state index contributed by atoms with van der Waals surface area (Å²) in [6.45, 7) is 6.80. The van der Waals surface area contributed by atoms with Crippen LogP contribution in [-0.2, 0) is 9.63 Å². The topological polar surface area (TPSA) is 93.4 Å². The van der Waals surface area contributed by atoms with Gasteiger partial charge in [-0.15, -0.1) is 5.06 Å². The van der Waals surface area contributed by atoms with Gasteiger partial charge in [-0.3, -0.25) is 10.2 Å². The van der Waals surface area contributed by atoms with E-state index >= 15 is 0 Å². The molecule has 0 saturated carbocycles. The third kappa shape index (κ3) is 4.80. The number of hydroxylamine groups is 2. The number of ether oxygens (including phenoxy) is 3. The number of fused-ring (bicyclic) bond motifs is 1. The highest BCUT2D eigenvalue weighted by atomic mass is 16.7. The highest BCUT2D eigenvalue weighted by Crippen LogP contribution is 2.30. The largest absolute Gasteiger partial charge is 0.493 e. The molecule has 1 amide bonds. The fourth-order valence-corrected chi connectivity index (χ4v) is 3.70. The van der Waals surface area contributed by atoms with Crippen molar-refractivity contribution in [1.29, 1.82) is 5.41 Å². The van der Waals surface area contributed by atoms with Crippen LogP contribution < -0.4 is 14.2 Å². The molecule has 0 spiro atoms. The van der Waals surface area contributed by atoms with Gasteiger partial charge >= 0.3 is 0 Å². The molecule has 0 bridgehead atoms. The highest BCUT2D eigenvalue weighted by Gasteiger charge is 2.34. The molecular formula is C26H27N3O5. The van der Waals surface area contributed by atoms with Gasteiger partial charge in [-0.05, 0) is 55.7 Å². The summed E-state index contributed by atoms with van der Waals surface area (Å²) >= 11 is 0. The Bertz CT molecular complexity index is 1210. The molecule has 8 nitrogen and oxygen atoms in total. The summed E-state index contributed by atoms with van der Waals surface area (Å²) in [7, 11) is 1.56. The molecule has 0 fully saturated rings. The van der Waals surface area contributed by atoms with Gasteiger partial charge in [0.1, 0.15) is 11.5 Å². The van der Waals surface area contributed by atoms with Crippen LogP contribution in [0.3, 0.4) is 0 Å². The molecule has 0 saturated heterocycles. The van der Waals surface area contributed by atoms with Gasteiger partial charge in [0.2, 0.25) is 0 Å². The van der Waals surface area contributed by atoms with Gasteiger partial charge in [0, 0.05) is 12.5 Å². The Labute approximate surface area is 198 Å². The molecule has 2 aliphatic heterocycles. The number of carbonyl (C=O) groups excluding carboxylic acids is 1. The monoisotopic (exact) mass is 461 g/mol. The second-order valence-corrected chi connectivity index (χ2v) is 8.00. The minimum Gasteiger partial charge on any atom is -0.493 e. The lowest BCUT2D eigenvalue weighted by molar-refractivity contribution is -0.114. The van der Waals surface area contributed by atoms with E-state index in [0.717, 1.165) is 16.9 Å². The van der Waals surface area contributed by atoms with Crippen molar-refractivity contribution in [3.05, 3.63) is 70.5 Å².